The number of hydrogen-bond donors (Lipinski definition) is 0. The predicted molar refractivity (Wildman–Crippen MR) is 68.8 cm³/mol. The molecule has 0 aromatic carbocycles. The molecular weight excluding hydrogens is 262 g/mol. The first kappa shape index (κ1) is 14.2. The second kappa shape index (κ2) is 6.80. The lowest BCUT2D eigenvalue weighted by Crippen LogP contribution is -2.36. The maximum absolute atomic E-state index is 11.2. The molecule has 0 amide bonds. The summed E-state index contributed by atoms with van der Waals surface area (Å²) < 4.78 is 9.93. The molecule has 1 heterocycles. The molecule has 0 N–H and O–H groups in total. The zero-order valence-corrected chi connectivity index (χ0v) is 11.4. The molecule has 0 aromatic heterocycles. The molecule has 96 valence electrons. The molecule has 7 heteroatoms. The highest BCUT2D eigenvalue weighted by atomic mass is 32.2. The minimum absolute atomic E-state index is 0.0182. The van der Waals surface area contributed by atoms with Gasteiger partial charge in [0.05, 0.1) is 33.1 Å². The Labute approximate surface area is 110 Å². The zero-order chi connectivity index (χ0) is 12.8. The Morgan fingerprint density at radius 1 is 1.41 bits per heavy atom. The van der Waals surface area contributed by atoms with Crippen LogP contribution in [0.4, 0.5) is 0 Å². The Balaban J connectivity index is 2.50. The molecule has 1 aliphatic heterocycles. The van der Waals surface area contributed by atoms with Crippen LogP contribution in [0.1, 0.15) is 12.8 Å². The lowest BCUT2D eigenvalue weighted by Gasteiger charge is -2.24. The molecule has 0 aromatic rings. The third-order valence-electron chi connectivity index (χ3n) is 2.49. The number of rotatable bonds is 5. The van der Waals surface area contributed by atoms with E-state index in [1.807, 2.05) is 4.90 Å². The van der Waals surface area contributed by atoms with Crippen molar-refractivity contribution in [3.05, 3.63) is 0 Å². The summed E-state index contributed by atoms with van der Waals surface area (Å²) in [5.41, 5.74) is 0. The van der Waals surface area contributed by atoms with Crippen LogP contribution in [0.15, 0.2) is 0 Å². The molecule has 5 nitrogen and oxygen atoms in total. The van der Waals surface area contributed by atoms with Crippen molar-refractivity contribution in [1.29, 1.82) is 0 Å². The van der Waals surface area contributed by atoms with E-state index in [-0.39, 0.29) is 24.4 Å². The molecular formula is C10H15NO4S2. The van der Waals surface area contributed by atoms with Gasteiger partial charge in [0.2, 0.25) is 0 Å². The first-order valence-corrected chi connectivity index (χ1v) is 6.55. The summed E-state index contributed by atoms with van der Waals surface area (Å²) in [4.78, 5) is 24.2. The number of carbonyl (C=O) groups is 2. The van der Waals surface area contributed by atoms with E-state index in [2.05, 4.69) is 9.47 Å². The molecule has 1 rings (SSSR count). The molecule has 17 heavy (non-hydrogen) atoms. The number of ether oxygens (including phenoxy) is 2. The van der Waals surface area contributed by atoms with Crippen molar-refractivity contribution in [3.8, 4) is 0 Å². The van der Waals surface area contributed by atoms with E-state index >= 15 is 0 Å². The van der Waals surface area contributed by atoms with E-state index < -0.39 is 0 Å². The van der Waals surface area contributed by atoms with Crippen LogP contribution in [0, 0.1) is 0 Å². The van der Waals surface area contributed by atoms with Crippen LogP contribution < -0.4 is 0 Å². The maximum Gasteiger partial charge on any atom is 0.307 e. The number of esters is 2. The average molecular weight is 277 g/mol. The lowest BCUT2D eigenvalue weighted by atomic mass is 10.2. The minimum Gasteiger partial charge on any atom is -0.469 e. The van der Waals surface area contributed by atoms with Gasteiger partial charge >= 0.3 is 11.9 Å². The molecule has 0 spiro atoms. The monoisotopic (exact) mass is 277 g/mol. The van der Waals surface area contributed by atoms with Crippen LogP contribution in [-0.2, 0) is 19.1 Å². The second-order valence-corrected chi connectivity index (χ2v) is 5.18. The van der Waals surface area contributed by atoms with E-state index in [0.29, 0.717) is 13.0 Å². The summed E-state index contributed by atoms with van der Waals surface area (Å²) in [6.45, 7) is 0.486. The third-order valence-corrected chi connectivity index (χ3v) is 4.11. The van der Waals surface area contributed by atoms with E-state index in [9.17, 15) is 9.59 Å². The number of methoxy groups -OCH3 is 2. The Bertz CT molecular complexity index is 321. The van der Waals surface area contributed by atoms with Gasteiger partial charge in [-0.3, -0.25) is 9.59 Å². The minimum atomic E-state index is -0.276. The van der Waals surface area contributed by atoms with Crippen LogP contribution in [0.2, 0.25) is 0 Å². The second-order valence-electron chi connectivity index (χ2n) is 3.53. The highest BCUT2D eigenvalue weighted by molar-refractivity contribution is 8.23. The van der Waals surface area contributed by atoms with E-state index in [0.717, 1.165) is 10.1 Å². The first-order valence-electron chi connectivity index (χ1n) is 5.15. The number of thioether (sulfide) groups is 1. The van der Waals surface area contributed by atoms with Crippen molar-refractivity contribution >= 4 is 40.2 Å². The van der Waals surface area contributed by atoms with Gasteiger partial charge in [-0.25, -0.2) is 0 Å². The van der Waals surface area contributed by atoms with Crippen LogP contribution in [0.3, 0.4) is 0 Å². The molecule has 1 saturated heterocycles. The van der Waals surface area contributed by atoms with Gasteiger partial charge in [0.1, 0.15) is 4.32 Å². The summed E-state index contributed by atoms with van der Waals surface area (Å²) in [5.74, 6) is 0.222. The topological polar surface area (TPSA) is 55.8 Å². The zero-order valence-electron chi connectivity index (χ0n) is 9.80. The van der Waals surface area contributed by atoms with Gasteiger partial charge in [0, 0.05) is 12.3 Å². The smallest absolute Gasteiger partial charge is 0.307 e. The summed E-state index contributed by atoms with van der Waals surface area (Å²) in [6, 6.07) is 0.0182. The van der Waals surface area contributed by atoms with Gasteiger partial charge in [0.15, 0.2) is 0 Å². The van der Waals surface area contributed by atoms with Gasteiger partial charge in [-0.1, -0.05) is 24.0 Å². The Kier molecular flexibility index (Phi) is 5.70. The van der Waals surface area contributed by atoms with Crippen LogP contribution >= 0.6 is 24.0 Å². The lowest BCUT2D eigenvalue weighted by molar-refractivity contribution is -0.141. The number of nitrogens with zero attached hydrogens (tertiary/aromatic N) is 1. The van der Waals surface area contributed by atoms with Crippen molar-refractivity contribution in [2.24, 2.45) is 0 Å². The van der Waals surface area contributed by atoms with Crippen LogP contribution in [0.5, 0.6) is 0 Å². The largest absolute Gasteiger partial charge is 0.469 e. The quantitative estimate of drug-likeness (QED) is 0.544. The SMILES string of the molecule is COC(=O)CCN1C(=S)SCC1CC(=O)OC. The summed E-state index contributed by atoms with van der Waals surface area (Å²) in [5, 5.41) is 0. The summed E-state index contributed by atoms with van der Waals surface area (Å²) in [7, 11) is 2.72. The van der Waals surface area contributed by atoms with E-state index in [4.69, 9.17) is 12.2 Å². The average Bonchev–Trinajstić information content (AvgIpc) is 2.67. The number of carbonyl (C=O) groups excluding carboxylic acids is 2. The molecule has 0 bridgehead atoms. The fourth-order valence-electron chi connectivity index (χ4n) is 1.52. The number of hydrogen-bond acceptors (Lipinski definition) is 6. The maximum atomic E-state index is 11.2. The Morgan fingerprint density at radius 3 is 2.65 bits per heavy atom. The van der Waals surface area contributed by atoms with Gasteiger partial charge in [-0.15, -0.1) is 0 Å². The molecule has 1 aliphatic rings. The van der Waals surface area contributed by atoms with E-state index in [1.54, 1.807) is 0 Å². The van der Waals surface area contributed by atoms with Crippen LogP contribution in [0.25, 0.3) is 0 Å². The van der Waals surface area contributed by atoms with Crippen molar-refractivity contribution < 1.29 is 19.1 Å². The summed E-state index contributed by atoms with van der Waals surface area (Å²) >= 11 is 6.70. The summed E-state index contributed by atoms with van der Waals surface area (Å²) in [6.07, 6.45) is 0.569. The molecule has 1 fully saturated rings. The van der Waals surface area contributed by atoms with Gasteiger partial charge in [-0.05, 0) is 0 Å². The normalized spacial score (nSPS) is 19.3. The molecule has 0 saturated carbocycles. The third kappa shape index (κ3) is 4.16. The molecule has 0 radical (unpaired) electrons. The molecule has 0 aliphatic carbocycles. The fourth-order valence-corrected chi connectivity index (χ4v) is 3.01. The molecule has 1 unspecified atom stereocenters. The van der Waals surface area contributed by atoms with Gasteiger partial charge < -0.3 is 14.4 Å². The van der Waals surface area contributed by atoms with Crippen LogP contribution in [-0.4, -0.2) is 53.7 Å². The standard InChI is InChI=1S/C10H15NO4S2/c1-14-8(12)3-4-11-7(5-9(13)15-2)6-17-10(11)16/h7H,3-6H2,1-2H3. The van der Waals surface area contributed by atoms with Gasteiger partial charge in [0.25, 0.3) is 0 Å². The highest BCUT2D eigenvalue weighted by Gasteiger charge is 2.31. The van der Waals surface area contributed by atoms with Crippen molar-refractivity contribution in [2.45, 2.75) is 18.9 Å². The van der Waals surface area contributed by atoms with Crippen molar-refractivity contribution in [2.75, 3.05) is 26.5 Å². The van der Waals surface area contributed by atoms with Gasteiger partial charge in [-0.2, -0.15) is 0 Å². The van der Waals surface area contributed by atoms with Crippen molar-refractivity contribution in [1.82, 2.24) is 4.90 Å². The fraction of sp³-hybridized carbons (Fsp3) is 0.700. The Morgan fingerprint density at radius 2 is 2.06 bits per heavy atom. The predicted octanol–water partition coefficient (Wildman–Crippen LogP) is 0.815. The van der Waals surface area contributed by atoms with Crippen molar-refractivity contribution in [3.63, 3.8) is 0 Å². The van der Waals surface area contributed by atoms with E-state index in [1.165, 1.54) is 26.0 Å². The Hall–Kier alpha value is -0.820. The first-order chi connectivity index (χ1) is 8.08. The highest BCUT2D eigenvalue weighted by Crippen LogP contribution is 2.26. The number of thiocarbonyl (C=S) groups is 1. The molecule has 1 atom stereocenters.